The average molecular weight is 348 g/mol. The summed E-state index contributed by atoms with van der Waals surface area (Å²) in [5.74, 6) is 0.390. The molecule has 1 N–H and O–H groups in total. The Balaban J connectivity index is 1.69. The minimum atomic E-state index is -0.497. The van der Waals surface area contributed by atoms with E-state index in [0.29, 0.717) is 40.1 Å². The lowest BCUT2D eigenvalue weighted by atomic mass is 10.1. The fourth-order valence-corrected chi connectivity index (χ4v) is 2.53. The molecule has 2 aromatic heterocycles. The largest absolute Gasteiger partial charge is 0.496 e. The van der Waals surface area contributed by atoms with E-state index in [0.717, 1.165) is 0 Å². The maximum atomic E-state index is 12.5. The van der Waals surface area contributed by atoms with E-state index in [2.05, 4.69) is 21.4 Å². The number of carbonyl (C=O) groups is 1. The second-order valence-electron chi connectivity index (χ2n) is 5.29. The molecule has 0 aliphatic rings. The molecule has 0 aliphatic heterocycles. The van der Waals surface area contributed by atoms with Crippen molar-refractivity contribution in [1.82, 2.24) is 9.97 Å². The van der Waals surface area contributed by atoms with E-state index in [1.54, 1.807) is 48.8 Å². The molecule has 7 nitrogen and oxygen atoms in total. The molecule has 26 heavy (non-hydrogen) atoms. The summed E-state index contributed by atoms with van der Waals surface area (Å²) in [6.45, 7) is 0.433. The normalized spacial score (nSPS) is 10.2. The number of esters is 1. The molecule has 1 aromatic carbocycles. The molecule has 0 unspecified atom stereocenters. The summed E-state index contributed by atoms with van der Waals surface area (Å²) in [6, 6.07) is 12.4. The molecule has 3 aromatic rings. The number of benzene rings is 1. The van der Waals surface area contributed by atoms with Gasteiger partial charge in [0, 0.05) is 17.8 Å². The number of nitriles is 1. The first-order chi connectivity index (χ1) is 12.7. The number of hydrogen-bond donors (Lipinski definition) is 1. The molecular weight excluding hydrogens is 332 g/mol. The number of fused-ring (bicyclic) bond motifs is 1. The fourth-order valence-electron chi connectivity index (χ4n) is 2.53. The van der Waals surface area contributed by atoms with Crippen LogP contribution in [0.1, 0.15) is 15.9 Å². The topological polar surface area (TPSA) is 97.1 Å². The lowest BCUT2D eigenvalue weighted by Gasteiger charge is -2.12. The van der Waals surface area contributed by atoms with Crippen LogP contribution in [0.2, 0.25) is 0 Å². The third kappa shape index (κ3) is 3.54. The number of nitrogens with one attached hydrogen (secondary N) is 1. The van der Waals surface area contributed by atoms with Crippen molar-refractivity contribution in [3.8, 4) is 11.8 Å². The first kappa shape index (κ1) is 17.2. The summed E-state index contributed by atoms with van der Waals surface area (Å²) < 4.78 is 10.6. The van der Waals surface area contributed by atoms with Crippen LogP contribution in [0.5, 0.6) is 5.75 Å². The predicted octanol–water partition coefficient (Wildman–Crippen LogP) is 2.78. The highest BCUT2D eigenvalue weighted by atomic mass is 16.5. The molecule has 130 valence electrons. The highest BCUT2D eigenvalue weighted by Gasteiger charge is 2.18. The summed E-state index contributed by atoms with van der Waals surface area (Å²) in [6.07, 6.45) is 3.25. The van der Waals surface area contributed by atoms with Crippen LogP contribution in [-0.2, 0) is 4.74 Å². The van der Waals surface area contributed by atoms with Crippen LogP contribution in [-0.4, -0.2) is 36.2 Å². The quantitative estimate of drug-likeness (QED) is 0.540. The van der Waals surface area contributed by atoms with Gasteiger partial charge in [0.25, 0.3) is 0 Å². The van der Waals surface area contributed by atoms with Gasteiger partial charge in [-0.3, -0.25) is 4.98 Å². The molecule has 0 fully saturated rings. The standard InChI is InChI=1S/C19H16N4O3/c1-25-16-7-6-15-14(5-3-8-21-15)17(16)19(24)26-11-10-23-18-13(12-20)4-2-9-22-18/h2-9H,10-11H2,1H3,(H,22,23). The van der Waals surface area contributed by atoms with Gasteiger partial charge in [-0.25, -0.2) is 9.78 Å². The zero-order chi connectivity index (χ0) is 18.4. The van der Waals surface area contributed by atoms with Crippen molar-refractivity contribution in [2.75, 3.05) is 25.6 Å². The molecule has 0 atom stereocenters. The smallest absolute Gasteiger partial charge is 0.342 e. The monoisotopic (exact) mass is 348 g/mol. The molecule has 0 spiro atoms. The second-order valence-corrected chi connectivity index (χ2v) is 5.29. The lowest BCUT2D eigenvalue weighted by molar-refractivity contribution is 0.0519. The number of ether oxygens (including phenoxy) is 2. The van der Waals surface area contributed by atoms with E-state index in [9.17, 15) is 4.79 Å². The van der Waals surface area contributed by atoms with Gasteiger partial charge in [0.2, 0.25) is 0 Å². The van der Waals surface area contributed by atoms with Crippen LogP contribution < -0.4 is 10.1 Å². The van der Waals surface area contributed by atoms with Gasteiger partial charge in [0.15, 0.2) is 0 Å². The summed E-state index contributed by atoms with van der Waals surface area (Å²) in [7, 11) is 1.50. The Hall–Kier alpha value is -3.66. The molecule has 0 amide bonds. The maximum absolute atomic E-state index is 12.5. The maximum Gasteiger partial charge on any atom is 0.342 e. The SMILES string of the molecule is COc1ccc2ncccc2c1C(=O)OCCNc1ncccc1C#N. The van der Waals surface area contributed by atoms with E-state index in [1.165, 1.54) is 7.11 Å². The first-order valence-electron chi connectivity index (χ1n) is 7.92. The van der Waals surface area contributed by atoms with Gasteiger partial charge in [-0.15, -0.1) is 0 Å². The van der Waals surface area contributed by atoms with Crippen molar-refractivity contribution in [3.05, 3.63) is 59.9 Å². The fraction of sp³-hybridized carbons (Fsp3) is 0.158. The molecule has 0 aliphatic carbocycles. The Morgan fingerprint density at radius 2 is 2.00 bits per heavy atom. The van der Waals surface area contributed by atoms with E-state index in [1.807, 2.05) is 0 Å². The number of carbonyl (C=O) groups excluding carboxylic acids is 1. The van der Waals surface area contributed by atoms with Crippen LogP contribution in [0.15, 0.2) is 48.8 Å². The Labute approximate surface area is 150 Å². The van der Waals surface area contributed by atoms with E-state index in [-0.39, 0.29) is 6.61 Å². The summed E-state index contributed by atoms with van der Waals surface area (Å²) >= 11 is 0. The second kappa shape index (κ2) is 7.94. The van der Waals surface area contributed by atoms with E-state index >= 15 is 0 Å². The number of methoxy groups -OCH3 is 1. The van der Waals surface area contributed by atoms with Crippen molar-refractivity contribution in [2.24, 2.45) is 0 Å². The van der Waals surface area contributed by atoms with Gasteiger partial charge in [0.05, 0.1) is 24.7 Å². The number of nitrogens with zero attached hydrogens (tertiary/aromatic N) is 3. The van der Waals surface area contributed by atoms with Crippen molar-refractivity contribution < 1.29 is 14.3 Å². The van der Waals surface area contributed by atoms with Gasteiger partial charge >= 0.3 is 5.97 Å². The number of rotatable bonds is 6. The predicted molar refractivity (Wildman–Crippen MR) is 96.0 cm³/mol. The Morgan fingerprint density at radius 1 is 1.19 bits per heavy atom. The van der Waals surface area contributed by atoms with Crippen LogP contribution >= 0.6 is 0 Å². The van der Waals surface area contributed by atoms with Crippen LogP contribution in [0.3, 0.4) is 0 Å². The van der Waals surface area contributed by atoms with Gasteiger partial charge in [-0.1, -0.05) is 6.07 Å². The van der Waals surface area contributed by atoms with Crippen molar-refractivity contribution in [2.45, 2.75) is 0 Å². The van der Waals surface area contributed by atoms with Crippen molar-refractivity contribution in [1.29, 1.82) is 5.26 Å². The van der Waals surface area contributed by atoms with Gasteiger partial charge in [0.1, 0.15) is 29.8 Å². The molecule has 2 heterocycles. The average Bonchev–Trinajstić information content (AvgIpc) is 2.70. The zero-order valence-electron chi connectivity index (χ0n) is 14.1. The molecule has 0 radical (unpaired) electrons. The van der Waals surface area contributed by atoms with Crippen LogP contribution in [0.25, 0.3) is 10.9 Å². The molecule has 7 heteroatoms. The van der Waals surface area contributed by atoms with Crippen LogP contribution in [0, 0.1) is 11.3 Å². The first-order valence-corrected chi connectivity index (χ1v) is 7.92. The highest BCUT2D eigenvalue weighted by Crippen LogP contribution is 2.27. The third-order valence-electron chi connectivity index (χ3n) is 3.73. The molecule has 3 rings (SSSR count). The number of aromatic nitrogens is 2. The van der Waals surface area contributed by atoms with Gasteiger partial charge in [-0.05, 0) is 30.3 Å². The molecule has 0 bridgehead atoms. The van der Waals surface area contributed by atoms with E-state index < -0.39 is 5.97 Å². The van der Waals surface area contributed by atoms with Crippen molar-refractivity contribution in [3.63, 3.8) is 0 Å². The zero-order valence-corrected chi connectivity index (χ0v) is 14.1. The molecule has 0 saturated heterocycles. The number of anilines is 1. The Morgan fingerprint density at radius 3 is 2.81 bits per heavy atom. The summed E-state index contributed by atoms with van der Waals surface area (Å²) in [5.41, 5.74) is 1.46. The lowest BCUT2D eigenvalue weighted by Crippen LogP contribution is -2.16. The third-order valence-corrected chi connectivity index (χ3v) is 3.73. The summed E-state index contributed by atoms with van der Waals surface area (Å²) in [5, 5.41) is 12.7. The van der Waals surface area contributed by atoms with Gasteiger partial charge in [-0.2, -0.15) is 5.26 Å². The highest BCUT2D eigenvalue weighted by molar-refractivity contribution is 6.06. The summed E-state index contributed by atoms with van der Waals surface area (Å²) in [4.78, 5) is 20.9. The Kier molecular flexibility index (Phi) is 5.25. The van der Waals surface area contributed by atoms with Crippen LogP contribution in [0.4, 0.5) is 5.82 Å². The minimum absolute atomic E-state index is 0.111. The Bertz CT molecular complexity index is 982. The molecule has 0 saturated carbocycles. The number of pyridine rings is 2. The van der Waals surface area contributed by atoms with Gasteiger partial charge < -0.3 is 14.8 Å². The van der Waals surface area contributed by atoms with E-state index in [4.69, 9.17) is 14.7 Å². The minimum Gasteiger partial charge on any atom is -0.496 e. The molecular formula is C19H16N4O3. The number of hydrogen-bond acceptors (Lipinski definition) is 7. The van der Waals surface area contributed by atoms with Crippen molar-refractivity contribution >= 4 is 22.7 Å².